The molecule has 0 spiro atoms. The van der Waals surface area contributed by atoms with Gasteiger partial charge in [0.15, 0.2) is 5.96 Å². The number of benzene rings is 1. The van der Waals surface area contributed by atoms with Gasteiger partial charge in [-0.1, -0.05) is 37.6 Å². The highest BCUT2D eigenvalue weighted by Crippen LogP contribution is 2.27. The summed E-state index contributed by atoms with van der Waals surface area (Å²) in [6.45, 7) is 5.36. The standard InChI is InChI=1S/C22H31N5O2/c1-4-19-18(20(5-2)29-27-19)14-25-22(23-3)24-13-15-8-6-11-17(12-15)26-21(28)16-9-7-10-16/h6,8,11-12,16H,4-5,7,9-10,13-14H2,1-3H3,(H,26,28)(H2,23,24,25). The zero-order valence-electron chi connectivity index (χ0n) is 17.5. The molecule has 0 atom stereocenters. The second-order valence-electron chi connectivity index (χ2n) is 7.33. The summed E-state index contributed by atoms with van der Waals surface area (Å²) in [6, 6.07) is 7.92. The molecule has 0 saturated heterocycles. The molecular formula is C22H31N5O2. The van der Waals surface area contributed by atoms with Crippen molar-refractivity contribution in [3.05, 3.63) is 46.8 Å². The van der Waals surface area contributed by atoms with Gasteiger partial charge in [-0.05, 0) is 37.0 Å². The Morgan fingerprint density at radius 3 is 2.66 bits per heavy atom. The van der Waals surface area contributed by atoms with Crippen molar-refractivity contribution in [2.45, 2.75) is 59.0 Å². The molecule has 7 heteroatoms. The Labute approximate surface area is 172 Å². The summed E-state index contributed by atoms with van der Waals surface area (Å²) in [7, 11) is 1.75. The van der Waals surface area contributed by atoms with Crippen LogP contribution in [0, 0.1) is 5.92 Å². The summed E-state index contributed by atoms with van der Waals surface area (Å²) < 4.78 is 5.42. The topological polar surface area (TPSA) is 91.6 Å². The van der Waals surface area contributed by atoms with E-state index in [2.05, 4.69) is 39.9 Å². The smallest absolute Gasteiger partial charge is 0.227 e. The van der Waals surface area contributed by atoms with Crippen molar-refractivity contribution in [3.63, 3.8) is 0 Å². The zero-order valence-corrected chi connectivity index (χ0v) is 17.5. The average molecular weight is 398 g/mol. The summed E-state index contributed by atoms with van der Waals surface area (Å²) >= 11 is 0. The van der Waals surface area contributed by atoms with Gasteiger partial charge in [0.25, 0.3) is 0 Å². The molecule has 1 aromatic heterocycles. The number of amides is 1. The first-order valence-corrected chi connectivity index (χ1v) is 10.4. The number of hydrogen-bond donors (Lipinski definition) is 3. The molecule has 0 unspecified atom stereocenters. The Morgan fingerprint density at radius 1 is 1.21 bits per heavy atom. The van der Waals surface area contributed by atoms with E-state index >= 15 is 0 Å². The molecule has 3 N–H and O–H groups in total. The molecule has 2 aromatic rings. The Hall–Kier alpha value is -2.83. The predicted molar refractivity (Wildman–Crippen MR) is 115 cm³/mol. The first-order chi connectivity index (χ1) is 14.1. The Kier molecular flexibility index (Phi) is 7.27. The van der Waals surface area contributed by atoms with Crippen LogP contribution in [0.15, 0.2) is 33.8 Å². The van der Waals surface area contributed by atoms with Crippen molar-refractivity contribution in [1.29, 1.82) is 0 Å². The number of anilines is 1. The predicted octanol–water partition coefficient (Wildman–Crippen LogP) is 3.40. The van der Waals surface area contributed by atoms with Crippen molar-refractivity contribution in [1.82, 2.24) is 15.8 Å². The molecule has 29 heavy (non-hydrogen) atoms. The van der Waals surface area contributed by atoms with Gasteiger partial charge < -0.3 is 20.5 Å². The third-order valence-electron chi connectivity index (χ3n) is 5.39. The number of nitrogens with one attached hydrogen (secondary N) is 3. The van der Waals surface area contributed by atoms with E-state index in [1.165, 1.54) is 0 Å². The quantitative estimate of drug-likeness (QED) is 0.469. The van der Waals surface area contributed by atoms with Gasteiger partial charge >= 0.3 is 0 Å². The molecule has 1 saturated carbocycles. The fourth-order valence-corrected chi connectivity index (χ4v) is 3.39. The lowest BCUT2D eigenvalue weighted by molar-refractivity contribution is -0.122. The number of carbonyl (C=O) groups excluding carboxylic acids is 1. The van der Waals surface area contributed by atoms with E-state index in [0.29, 0.717) is 19.0 Å². The molecule has 1 aliphatic rings. The number of aromatic nitrogens is 1. The molecule has 1 aliphatic carbocycles. The van der Waals surface area contributed by atoms with Crippen molar-refractivity contribution in [2.24, 2.45) is 10.9 Å². The second kappa shape index (κ2) is 10.1. The van der Waals surface area contributed by atoms with Crippen LogP contribution in [-0.2, 0) is 30.7 Å². The summed E-state index contributed by atoms with van der Waals surface area (Å²) in [4.78, 5) is 16.5. The van der Waals surface area contributed by atoms with E-state index in [-0.39, 0.29) is 11.8 Å². The molecule has 1 fully saturated rings. The maximum Gasteiger partial charge on any atom is 0.227 e. The van der Waals surface area contributed by atoms with Crippen molar-refractivity contribution in [3.8, 4) is 0 Å². The number of nitrogens with zero attached hydrogens (tertiary/aromatic N) is 2. The molecule has 1 heterocycles. The fraction of sp³-hybridized carbons (Fsp3) is 0.500. The van der Waals surface area contributed by atoms with Crippen LogP contribution in [0.4, 0.5) is 5.69 Å². The van der Waals surface area contributed by atoms with Gasteiger partial charge in [0.2, 0.25) is 5.91 Å². The average Bonchev–Trinajstić information content (AvgIpc) is 3.09. The van der Waals surface area contributed by atoms with Crippen LogP contribution < -0.4 is 16.0 Å². The van der Waals surface area contributed by atoms with Gasteiger partial charge in [0.1, 0.15) is 5.76 Å². The van der Waals surface area contributed by atoms with Gasteiger partial charge in [0, 0.05) is 43.7 Å². The number of aliphatic imine (C=N–C) groups is 1. The Morgan fingerprint density at radius 2 is 2.00 bits per heavy atom. The van der Waals surface area contributed by atoms with E-state index < -0.39 is 0 Å². The summed E-state index contributed by atoms with van der Waals surface area (Å²) in [5.74, 6) is 1.93. The van der Waals surface area contributed by atoms with E-state index in [1.54, 1.807) is 7.05 Å². The van der Waals surface area contributed by atoms with E-state index in [4.69, 9.17) is 4.52 Å². The minimum Gasteiger partial charge on any atom is -0.361 e. The molecule has 156 valence electrons. The maximum atomic E-state index is 12.2. The molecule has 0 radical (unpaired) electrons. The number of aryl methyl sites for hydroxylation is 2. The monoisotopic (exact) mass is 397 g/mol. The highest BCUT2D eigenvalue weighted by molar-refractivity contribution is 5.93. The Bertz CT molecular complexity index is 833. The van der Waals surface area contributed by atoms with Crippen LogP contribution in [0.3, 0.4) is 0 Å². The minimum atomic E-state index is 0.131. The SMILES string of the molecule is CCc1noc(CC)c1CNC(=NC)NCc1cccc(NC(=O)C2CCC2)c1. The summed E-state index contributed by atoms with van der Waals surface area (Å²) in [6.07, 6.45) is 4.81. The first-order valence-electron chi connectivity index (χ1n) is 10.4. The number of carbonyl (C=O) groups is 1. The van der Waals surface area contributed by atoms with Crippen LogP contribution in [0.5, 0.6) is 0 Å². The third kappa shape index (κ3) is 5.37. The molecular weight excluding hydrogens is 366 g/mol. The van der Waals surface area contributed by atoms with Gasteiger partial charge in [-0.25, -0.2) is 0 Å². The summed E-state index contributed by atoms with van der Waals surface area (Å²) in [5, 5.41) is 13.8. The largest absolute Gasteiger partial charge is 0.361 e. The highest BCUT2D eigenvalue weighted by atomic mass is 16.5. The lowest BCUT2D eigenvalue weighted by atomic mass is 9.85. The number of rotatable bonds is 8. The molecule has 0 bridgehead atoms. The van der Waals surface area contributed by atoms with Crippen molar-refractivity contribution >= 4 is 17.6 Å². The van der Waals surface area contributed by atoms with Crippen molar-refractivity contribution in [2.75, 3.05) is 12.4 Å². The molecule has 1 aromatic carbocycles. The third-order valence-corrected chi connectivity index (χ3v) is 5.39. The number of guanidine groups is 1. The van der Waals surface area contributed by atoms with Crippen LogP contribution in [0.25, 0.3) is 0 Å². The molecule has 1 amide bonds. The summed E-state index contributed by atoms with van der Waals surface area (Å²) in [5.41, 5.74) is 4.01. The van der Waals surface area contributed by atoms with Gasteiger partial charge in [-0.15, -0.1) is 0 Å². The van der Waals surface area contributed by atoms with Crippen LogP contribution in [0.1, 0.15) is 55.7 Å². The second-order valence-corrected chi connectivity index (χ2v) is 7.33. The Balaban J connectivity index is 1.53. The normalized spacial score (nSPS) is 14.4. The fourth-order valence-electron chi connectivity index (χ4n) is 3.39. The van der Waals surface area contributed by atoms with Crippen molar-refractivity contribution < 1.29 is 9.32 Å². The van der Waals surface area contributed by atoms with Crippen LogP contribution in [0.2, 0.25) is 0 Å². The zero-order chi connectivity index (χ0) is 20.6. The van der Waals surface area contributed by atoms with Gasteiger partial charge in [-0.3, -0.25) is 9.79 Å². The van der Waals surface area contributed by atoms with Gasteiger partial charge in [0.05, 0.1) is 5.69 Å². The highest BCUT2D eigenvalue weighted by Gasteiger charge is 2.25. The van der Waals surface area contributed by atoms with E-state index in [0.717, 1.165) is 60.4 Å². The molecule has 0 aliphatic heterocycles. The maximum absolute atomic E-state index is 12.2. The van der Waals surface area contributed by atoms with Crippen LogP contribution >= 0.6 is 0 Å². The molecule has 3 rings (SSSR count). The van der Waals surface area contributed by atoms with Crippen LogP contribution in [-0.4, -0.2) is 24.1 Å². The van der Waals surface area contributed by atoms with Gasteiger partial charge in [-0.2, -0.15) is 0 Å². The van der Waals surface area contributed by atoms with E-state index in [9.17, 15) is 4.79 Å². The molecule has 7 nitrogen and oxygen atoms in total. The van der Waals surface area contributed by atoms with E-state index in [1.807, 2.05) is 24.3 Å². The lowest BCUT2D eigenvalue weighted by Crippen LogP contribution is -2.36. The lowest BCUT2D eigenvalue weighted by Gasteiger charge is -2.24. The first kappa shape index (κ1) is 20.9. The minimum absolute atomic E-state index is 0.131. The number of hydrogen-bond acceptors (Lipinski definition) is 4.